The average Bonchev–Trinajstić information content (AvgIpc) is 2.69. The number of pyridine rings is 1. The van der Waals surface area contributed by atoms with Crippen LogP contribution in [-0.2, 0) is 5.75 Å². The summed E-state index contributed by atoms with van der Waals surface area (Å²) in [7, 11) is 0. The van der Waals surface area contributed by atoms with Gasteiger partial charge >= 0.3 is 0 Å². The number of hydrogen-bond acceptors (Lipinski definition) is 3. The van der Waals surface area contributed by atoms with Gasteiger partial charge in [-0.05, 0) is 30.7 Å². The smallest absolute Gasteiger partial charge is 0.114 e. The fourth-order valence-electron chi connectivity index (χ4n) is 1.16. The summed E-state index contributed by atoms with van der Waals surface area (Å²) >= 11 is 1.70. The molecule has 0 atom stereocenters. The van der Waals surface area contributed by atoms with Crippen molar-refractivity contribution in [3.8, 4) is 0 Å². The van der Waals surface area contributed by atoms with Crippen molar-refractivity contribution < 1.29 is 4.42 Å². The van der Waals surface area contributed by atoms with Crippen LogP contribution in [0.3, 0.4) is 0 Å². The molecule has 0 amide bonds. The Morgan fingerprint density at radius 3 is 3.00 bits per heavy atom. The largest absolute Gasteiger partial charge is 0.468 e. The highest BCUT2D eigenvalue weighted by Gasteiger charge is 2.01. The fourth-order valence-corrected chi connectivity index (χ4v) is 2.03. The van der Waals surface area contributed by atoms with Gasteiger partial charge in [0.2, 0.25) is 0 Å². The molecular weight excluding hydrogens is 194 g/mol. The molecular formula is C11H11NOS. The van der Waals surface area contributed by atoms with E-state index in [0.717, 1.165) is 16.5 Å². The minimum absolute atomic E-state index is 0.838. The van der Waals surface area contributed by atoms with E-state index >= 15 is 0 Å². The van der Waals surface area contributed by atoms with Gasteiger partial charge in [-0.15, -0.1) is 0 Å². The molecule has 14 heavy (non-hydrogen) atoms. The zero-order valence-electron chi connectivity index (χ0n) is 7.93. The van der Waals surface area contributed by atoms with Crippen LogP contribution < -0.4 is 0 Å². The first-order valence-corrected chi connectivity index (χ1v) is 5.41. The van der Waals surface area contributed by atoms with Gasteiger partial charge in [0.05, 0.1) is 17.0 Å². The predicted molar refractivity (Wildman–Crippen MR) is 57.2 cm³/mol. The molecule has 0 bridgehead atoms. The van der Waals surface area contributed by atoms with Crippen molar-refractivity contribution in [1.82, 2.24) is 4.98 Å². The molecule has 0 N–H and O–H groups in total. The maximum absolute atomic E-state index is 5.25. The van der Waals surface area contributed by atoms with Gasteiger partial charge in [0.15, 0.2) is 0 Å². The lowest BCUT2D eigenvalue weighted by molar-refractivity contribution is 0.530. The van der Waals surface area contributed by atoms with Crippen LogP contribution in [0.2, 0.25) is 0 Å². The molecule has 2 aromatic rings. The van der Waals surface area contributed by atoms with Gasteiger partial charge < -0.3 is 4.42 Å². The van der Waals surface area contributed by atoms with E-state index in [1.54, 1.807) is 18.0 Å². The van der Waals surface area contributed by atoms with Crippen LogP contribution in [-0.4, -0.2) is 4.98 Å². The molecule has 0 aliphatic carbocycles. The zero-order valence-corrected chi connectivity index (χ0v) is 8.75. The van der Waals surface area contributed by atoms with Crippen molar-refractivity contribution >= 4 is 11.8 Å². The van der Waals surface area contributed by atoms with Crippen LogP contribution in [0.25, 0.3) is 0 Å². The van der Waals surface area contributed by atoms with Crippen molar-refractivity contribution in [2.45, 2.75) is 17.7 Å². The van der Waals surface area contributed by atoms with Crippen LogP contribution >= 0.6 is 11.8 Å². The highest BCUT2D eigenvalue weighted by molar-refractivity contribution is 7.98. The van der Waals surface area contributed by atoms with Crippen LogP contribution in [0.1, 0.15) is 11.3 Å². The van der Waals surface area contributed by atoms with E-state index in [2.05, 4.69) is 18.0 Å². The summed E-state index contributed by atoms with van der Waals surface area (Å²) < 4.78 is 5.25. The molecule has 0 aliphatic rings. The molecule has 0 fully saturated rings. The number of thioether (sulfide) groups is 1. The molecule has 0 saturated carbocycles. The lowest BCUT2D eigenvalue weighted by Gasteiger charge is -2.01. The number of hydrogen-bond donors (Lipinski definition) is 0. The third-order valence-corrected chi connectivity index (χ3v) is 3.02. The molecule has 2 rings (SSSR count). The van der Waals surface area contributed by atoms with Crippen molar-refractivity contribution in [2.75, 3.05) is 0 Å². The molecule has 2 heterocycles. The van der Waals surface area contributed by atoms with E-state index in [1.807, 2.05) is 24.4 Å². The maximum atomic E-state index is 5.25. The molecule has 72 valence electrons. The molecule has 0 unspecified atom stereocenters. The zero-order chi connectivity index (χ0) is 9.80. The molecule has 0 spiro atoms. The standard InChI is InChI=1S/C11H11NOS/c1-9-4-2-6-12-11(9)14-8-10-5-3-7-13-10/h2-7H,8H2,1H3. The van der Waals surface area contributed by atoms with Crippen LogP contribution in [0.4, 0.5) is 0 Å². The second-order valence-corrected chi connectivity index (χ2v) is 3.96. The Kier molecular flexibility index (Phi) is 2.89. The van der Waals surface area contributed by atoms with Gasteiger partial charge in [0, 0.05) is 6.20 Å². The van der Waals surface area contributed by atoms with Crippen molar-refractivity contribution in [1.29, 1.82) is 0 Å². The summed E-state index contributed by atoms with van der Waals surface area (Å²) in [5.41, 5.74) is 1.21. The Morgan fingerprint density at radius 1 is 1.36 bits per heavy atom. The quantitative estimate of drug-likeness (QED) is 0.719. The summed E-state index contributed by atoms with van der Waals surface area (Å²) in [5, 5.41) is 1.07. The third kappa shape index (κ3) is 2.17. The van der Waals surface area contributed by atoms with Gasteiger partial charge in [-0.25, -0.2) is 4.98 Å². The van der Waals surface area contributed by atoms with E-state index in [1.165, 1.54) is 5.56 Å². The molecule has 0 saturated heterocycles. The van der Waals surface area contributed by atoms with Gasteiger partial charge in [0.25, 0.3) is 0 Å². The Bertz CT molecular complexity index is 397. The van der Waals surface area contributed by atoms with Crippen molar-refractivity contribution in [3.05, 3.63) is 48.0 Å². The number of rotatable bonds is 3. The van der Waals surface area contributed by atoms with Crippen molar-refractivity contribution in [2.24, 2.45) is 0 Å². The fraction of sp³-hybridized carbons (Fsp3) is 0.182. The predicted octanol–water partition coefficient (Wildman–Crippen LogP) is 3.28. The first-order valence-electron chi connectivity index (χ1n) is 4.43. The minimum Gasteiger partial charge on any atom is -0.468 e. The highest BCUT2D eigenvalue weighted by Crippen LogP contribution is 2.23. The third-order valence-electron chi connectivity index (χ3n) is 1.89. The maximum Gasteiger partial charge on any atom is 0.114 e. The molecule has 0 radical (unpaired) electrons. The lowest BCUT2D eigenvalue weighted by atomic mass is 10.3. The Labute approximate surface area is 87.4 Å². The second-order valence-electron chi connectivity index (χ2n) is 2.99. The summed E-state index contributed by atoms with van der Waals surface area (Å²) in [6, 6.07) is 7.90. The average molecular weight is 205 g/mol. The summed E-state index contributed by atoms with van der Waals surface area (Å²) in [6.07, 6.45) is 3.51. The van der Waals surface area contributed by atoms with Crippen LogP contribution in [0.15, 0.2) is 46.2 Å². The van der Waals surface area contributed by atoms with Crippen LogP contribution in [0.5, 0.6) is 0 Å². The van der Waals surface area contributed by atoms with Crippen LogP contribution in [0, 0.1) is 6.92 Å². The topological polar surface area (TPSA) is 26.0 Å². The Balaban J connectivity index is 2.02. The van der Waals surface area contributed by atoms with E-state index < -0.39 is 0 Å². The Hall–Kier alpha value is -1.22. The van der Waals surface area contributed by atoms with E-state index in [-0.39, 0.29) is 0 Å². The molecule has 2 nitrogen and oxygen atoms in total. The highest BCUT2D eigenvalue weighted by atomic mass is 32.2. The number of nitrogens with zero attached hydrogens (tertiary/aromatic N) is 1. The summed E-state index contributed by atoms with van der Waals surface area (Å²) in [4.78, 5) is 4.30. The Morgan fingerprint density at radius 2 is 2.29 bits per heavy atom. The summed E-state index contributed by atoms with van der Waals surface area (Å²) in [6.45, 7) is 2.07. The second kappa shape index (κ2) is 4.33. The van der Waals surface area contributed by atoms with Gasteiger partial charge in [-0.1, -0.05) is 17.8 Å². The van der Waals surface area contributed by atoms with E-state index in [4.69, 9.17) is 4.42 Å². The number of aromatic nitrogens is 1. The molecule has 3 heteroatoms. The minimum atomic E-state index is 0.838. The number of aryl methyl sites for hydroxylation is 1. The monoisotopic (exact) mass is 205 g/mol. The summed E-state index contributed by atoms with van der Waals surface area (Å²) in [5.74, 6) is 1.82. The van der Waals surface area contributed by atoms with Crippen molar-refractivity contribution in [3.63, 3.8) is 0 Å². The SMILES string of the molecule is Cc1cccnc1SCc1ccco1. The van der Waals surface area contributed by atoms with Gasteiger partial charge in [0.1, 0.15) is 5.76 Å². The van der Waals surface area contributed by atoms with Gasteiger partial charge in [-0.3, -0.25) is 0 Å². The van der Waals surface area contributed by atoms with E-state index in [0.29, 0.717) is 0 Å². The normalized spacial score (nSPS) is 10.4. The number of furan rings is 1. The lowest BCUT2D eigenvalue weighted by Crippen LogP contribution is -1.84. The van der Waals surface area contributed by atoms with E-state index in [9.17, 15) is 0 Å². The molecule has 0 aliphatic heterocycles. The molecule has 2 aromatic heterocycles. The first-order chi connectivity index (χ1) is 6.86. The van der Waals surface area contributed by atoms with Gasteiger partial charge in [-0.2, -0.15) is 0 Å². The molecule has 0 aromatic carbocycles. The first kappa shape index (κ1) is 9.34.